The van der Waals surface area contributed by atoms with Crippen LogP contribution in [0.5, 0.6) is 0 Å². The van der Waals surface area contributed by atoms with Gasteiger partial charge in [0.15, 0.2) is 5.78 Å². The summed E-state index contributed by atoms with van der Waals surface area (Å²) in [5.41, 5.74) is 0.680. The van der Waals surface area contributed by atoms with Crippen molar-refractivity contribution in [1.82, 2.24) is 5.06 Å². The van der Waals surface area contributed by atoms with Crippen molar-refractivity contribution in [2.75, 3.05) is 14.2 Å². The molecule has 8 saturated carbocycles. The molecule has 0 aliphatic heterocycles. The monoisotopic (exact) mass is 996 g/mol. The van der Waals surface area contributed by atoms with E-state index in [0.717, 1.165) is 85.9 Å². The summed E-state index contributed by atoms with van der Waals surface area (Å²) in [5, 5.41) is 22.8. The van der Waals surface area contributed by atoms with Crippen LogP contribution < -0.4 is 0 Å². The van der Waals surface area contributed by atoms with Gasteiger partial charge in [0.1, 0.15) is 11.6 Å². The SMILES string of the molecule is C.C.CON(C)C(=O)[C@H]1CC[C@H]2[C@@H]3CC[C@@H]4C[C@](C)(O)CC[C@]4(C)[C@H]3CC[C@]12C.C[C@@]1(O)CC[C@@]2(C)[C@H](CC[C@@H]3[C@@H]2CC[C@]2(C)[C@@H](C(=O)c4ccc(F)cc4)CC[C@@H]32)C1.Fc1ccc(Br)cc1. The van der Waals surface area contributed by atoms with Gasteiger partial charge in [-0.2, -0.15) is 0 Å². The van der Waals surface area contributed by atoms with Crippen molar-refractivity contribution in [2.24, 2.45) is 80.8 Å². The second-order valence-corrected chi connectivity index (χ2v) is 25.3. The molecule has 6 nitrogen and oxygen atoms in total. The van der Waals surface area contributed by atoms with E-state index in [1.54, 1.807) is 38.4 Å². The number of ketones is 1. The summed E-state index contributed by atoms with van der Waals surface area (Å²) < 4.78 is 26.3. The summed E-state index contributed by atoms with van der Waals surface area (Å²) in [5.74, 6) is 5.74. The zero-order valence-corrected chi connectivity index (χ0v) is 42.4. The predicted octanol–water partition coefficient (Wildman–Crippen LogP) is 14.7. The van der Waals surface area contributed by atoms with Gasteiger partial charge in [0.05, 0.1) is 18.3 Å². The standard InChI is InChI=1S/C27H37FO2.C23H39NO3.C6H4BrF.2CH4/c1-25(30)14-15-26(2)18(16-25)6-9-20-21-10-11-23(27(21,3)13-12-22(20)26)24(29)17-4-7-19(28)8-5-17;1-21(26)12-13-22(2)15(14-21)6-7-16-17-8-9-19(20(25)24(4)27-5)23(17,3)11-10-18(16)22;7-5-1-3-6(8)4-2-5;;/h4-5,7-8,18,20-23,30H,6,9-16H2,1-3H3;15-19,26H,6-14H2,1-5H3;1-4H;2*1H4/t18-,20+,21+,22+,23-,25-,26+,27+;15-,16+,17+,18+,19-,21-,22+,23+;;;/m11.../s1. The third-order valence-corrected chi connectivity index (χ3v) is 21.6. The fraction of sp³-hybridized carbons (Fsp3) is 0.759. The van der Waals surface area contributed by atoms with Gasteiger partial charge >= 0.3 is 0 Å². The Bertz CT molecular complexity index is 2010. The Balaban J connectivity index is 0.000000186. The summed E-state index contributed by atoms with van der Waals surface area (Å²) in [4.78, 5) is 31.5. The quantitative estimate of drug-likeness (QED) is 0.235. The molecule has 0 radical (unpaired) electrons. The van der Waals surface area contributed by atoms with Gasteiger partial charge in [0.2, 0.25) is 5.91 Å². The fourth-order valence-electron chi connectivity index (χ4n) is 17.3. The van der Waals surface area contributed by atoms with Gasteiger partial charge in [-0.25, -0.2) is 13.8 Å². The van der Waals surface area contributed by atoms with Crippen LogP contribution in [0.4, 0.5) is 8.78 Å². The Morgan fingerprint density at radius 2 is 0.970 bits per heavy atom. The molecule has 0 unspecified atom stereocenters. The van der Waals surface area contributed by atoms with Gasteiger partial charge in [0.25, 0.3) is 0 Å². The molecule has 2 aromatic carbocycles. The molecule has 16 atom stereocenters. The molecule has 1 amide bonds. The number of aliphatic hydroxyl groups is 2. The Kier molecular flexibility index (Phi) is 16.3. The van der Waals surface area contributed by atoms with Crippen molar-refractivity contribution in [1.29, 1.82) is 0 Å². The number of carbonyl (C=O) groups excluding carboxylic acids is 2. The van der Waals surface area contributed by atoms with Crippen LogP contribution in [-0.4, -0.2) is 52.3 Å². The molecule has 0 bridgehead atoms. The maximum Gasteiger partial charge on any atom is 0.249 e. The van der Waals surface area contributed by atoms with Gasteiger partial charge in [-0.15, -0.1) is 0 Å². The average molecular weight is 997 g/mol. The largest absolute Gasteiger partial charge is 0.390 e. The number of rotatable bonds is 4. The van der Waals surface area contributed by atoms with Crippen molar-refractivity contribution in [3.05, 3.63) is 70.2 Å². The molecule has 0 saturated heterocycles. The molecule has 8 aliphatic rings. The molecule has 2 aromatic rings. The lowest BCUT2D eigenvalue weighted by atomic mass is 9.44. The third-order valence-electron chi connectivity index (χ3n) is 21.0. The smallest absolute Gasteiger partial charge is 0.249 e. The first-order valence-electron chi connectivity index (χ1n) is 25.5. The summed E-state index contributed by atoms with van der Waals surface area (Å²) >= 11 is 3.18. The minimum Gasteiger partial charge on any atom is -0.390 e. The van der Waals surface area contributed by atoms with Crippen molar-refractivity contribution in [2.45, 2.75) is 183 Å². The normalized spacial score (nSPS) is 43.4. The number of halogens is 3. The number of benzene rings is 2. The highest BCUT2D eigenvalue weighted by Gasteiger charge is 2.64. The second-order valence-electron chi connectivity index (χ2n) is 24.4. The molecular formula is C58H88BrF2NO5. The first kappa shape index (κ1) is 54.1. The van der Waals surface area contributed by atoms with E-state index in [2.05, 4.69) is 43.6 Å². The molecule has 8 fully saturated rings. The Morgan fingerprint density at radius 1 is 0.567 bits per heavy atom. The lowest BCUT2D eigenvalue weighted by Crippen LogP contribution is -2.56. The topological polar surface area (TPSA) is 87.1 Å². The number of amides is 1. The highest BCUT2D eigenvalue weighted by molar-refractivity contribution is 9.10. The molecule has 9 heteroatoms. The fourth-order valence-corrected chi connectivity index (χ4v) is 17.5. The lowest BCUT2D eigenvalue weighted by molar-refractivity contribution is -0.182. The molecule has 10 rings (SSSR count). The van der Waals surface area contributed by atoms with Gasteiger partial charge in [-0.1, -0.05) is 58.5 Å². The van der Waals surface area contributed by atoms with Crippen molar-refractivity contribution < 1.29 is 33.4 Å². The molecule has 0 spiro atoms. The van der Waals surface area contributed by atoms with E-state index in [-0.39, 0.29) is 60.8 Å². The van der Waals surface area contributed by atoms with Crippen LogP contribution in [0.1, 0.15) is 182 Å². The number of hydrogen-bond donors (Lipinski definition) is 2. The minimum absolute atomic E-state index is 0. The Labute approximate surface area is 412 Å². The second kappa shape index (κ2) is 20.1. The van der Waals surface area contributed by atoms with Gasteiger partial charge in [-0.3, -0.25) is 14.4 Å². The van der Waals surface area contributed by atoms with Crippen molar-refractivity contribution in [3.8, 4) is 0 Å². The molecule has 0 aromatic heterocycles. The van der Waals surface area contributed by atoms with E-state index < -0.39 is 11.2 Å². The van der Waals surface area contributed by atoms with Gasteiger partial charge < -0.3 is 10.2 Å². The first-order valence-corrected chi connectivity index (χ1v) is 26.3. The van der Waals surface area contributed by atoms with Crippen LogP contribution in [-0.2, 0) is 9.63 Å². The molecular weight excluding hydrogens is 909 g/mol. The third kappa shape index (κ3) is 10.0. The predicted molar refractivity (Wildman–Crippen MR) is 270 cm³/mol. The van der Waals surface area contributed by atoms with E-state index in [1.165, 1.54) is 87.1 Å². The number of Topliss-reactive ketones (excluding diaryl/α,β-unsaturated/α-hetero) is 1. The summed E-state index contributed by atoms with van der Waals surface area (Å²) in [6.45, 7) is 13.9. The highest BCUT2D eigenvalue weighted by atomic mass is 79.9. The van der Waals surface area contributed by atoms with Crippen LogP contribution in [0.15, 0.2) is 53.0 Å². The summed E-state index contributed by atoms with van der Waals surface area (Å²) in [6, 6.07) is 12.3. The number of nitrogens with zero attached hydrogens (tertiary/aromatic N) is 1. The molecule has 0 heterocycles. The number of fused-ring (bicyclic) bond motifs is 10. The van der Waals surface area contributed by atoms with Crippen molar-refractivity contribution >= 4 is 27.6 Å². The minimum atomic E-state index is -0.486. The maximum atomic E-state index is 13.4. The lowest BCUT2D eigenvalue weighted by Gasteiger charge is -2.61. The van der Waals surface area contributed by atoms with Crippen LogP contribution >= 0.6 is 15.9 Å². The molecule has 8 aliphatic carbocycles. The van der Waals surface area contributed by atoms with Crippen LogP contribution in [0.25, 0.3) is 0 Å². The van der Waals surface area contributed by atoms with E-state index >= 15 is 0 Å². The molecule has 2 N–H and O–H groups in total. The summed E-state index contributed by atoms with van der Waals surface area (Å²) in [6.07, 6.45) is 20.3. The van der Waals surface area contributed by atoms with E-state index in [9.17, 15) is 28.6 Å². The molecule has 376 valence electrons. The number of carbonyl (C=O) groups is 2. The van der Waals surface area contributed by atoms with Crippen LogP contribution in [0.3, 0.4) is 0 Å². The van der Waals surface area contributed by atoms with E-state index in [1.807, 2.05) is 13.8 Å². The van der Waals surface area contributed by atoms with E-state index in [4.69, 9.17) is 4.84 Å². The summed E-state index contributed by atoms with van der Waals surface area (Å²) in [7, 11) is 3.34. The van der Waals surface area contributed by atoms with Gasteiger partial charge in [0, 0.05) is 28.9 Å². The number of hydrogen-bond acceptors (Lipinski definition) is 5. The number of hydroxylamine groups is 2. The van der Waals surface area contributed by atoms with Crippen molar-refractivity contribution in [3.63, 3.8) is 0 Å². The van der Waals surface area contributed by atoms with Gasteiger partial charge in [-0.05, 0) is 247 Å². The average Bonchev–Trinajstić information content (AvgIpc) is 3.82. The zero-order valence-electron chi connectivity index (χ0n) is 40.8. The maximum absolute atomic E-state index is 13.4. The first-order chi connectivity index (χ1) is 30.5. The Morgan fingerprint density at radius 3 is 1.40 bits per heavy atom. The Hall–Kier alpha value is -2.20. The zero-order chi connectivity index (χ0) is 46.9. The highest BCUT2D eigenvalue weighted by Crippen LogP contribution is 2.70. The molecule has 67 heavy (non-hydrogen) atoms. The van der Waals surface area contributed by atoms with E-state index in [0.29, 0.717) is 40.1 Å². The van der Waals surface area contributed by atoms with Crippen LogP contribution in [0.2, 0.25) is 0 Å². The van der Waals surface area contributed by atoms with Crippen LogP contribution in [0, 0.1) is 92.5 Å².